The van der Waals surface area contributed by atoms with Crippen LogP contribution < -0.4 is 5.32 Å². The normalized spacial score (nSPS) is 16.8. The highest BCUT2D eigenvalue weighted by Gasteiger charge is 2.34. The van der Waals surface area contributed by atoms with E-state index >= 15 is 0 Å². The van der Waals surface area contributed by atoms with E-state index in [0.717, 1.165) is 31.9 Å². The fourth-order valence-electron chi connectivity index (χ4n) is 2.24. The molecule has 0 unspecified atom stereocenters. The van der Waals surface area contributed by atoms with Gasteiger partial charge >= 0.3 is 5.97 Å². The van der Waals surface area contributed by atoms with Crippen LogP contribution in [0.1, 0.15) is 12.5 Å². The smallest absolute Gasteiger partial charge is 0.322 e. The van der Waals surface area contributed by atoms with Crippen LogP contribution in [0.15, 0.2) is 12.4 Å². The Morgan fingerprint density at radius 3 is 2.65 bits per heavy atom. The molecule has 0 spiro atoms. The highest BCUT2D eigenvalue weighted by atomic mass is 16.5. The zero-order valence-corrected chi connectivity index (χ0v) is 11.8. The number of nitrogens with zero attached hydrogens (tertiary/aromatic N) is 3. The van der Waals surface area contributed by atoms with Gasteiger partial charge in [0, 0.05) is 36.5 Å². The Morgan fingerprint density at radius 2 is 2.15 bits per heavy atom. The summed E-state index contributed by atoms with van der Waals surface area (Å²) in [6.07, 6.45) is 3.43. The Hall–Kier alpha value is -1.73. The van der Waals surface area contributed by atoms with Gasteiger partial charge in [0.1, 0.15) is 6.54 Å². The number of hydrogen-bond acceptors (Lipinski definition) is 6. The van der Waals surface area contributed by atoms with E-state index in [-0.39, 0.29) is 12.0 Å². The van der Waals surface area contributed by atoms with Crippen LogP contribution in [-0.2, 0) is 16.1 Å². The van der Waals surface area contributed by atoms with E-state index in [9.17, 15) is 4.79 Å². The number of anilines is 1. The summed E-state index contributed by atoms with van der Waals surface area (Å²) in [4.78, 5) is 20.8. The van der Waals surface area contributed by atoms with Crippen LogP contribution in [0.2, 0.25) is 0 Å². The van der Waals surface area contributed by atoms with Gasteiger partial charge in [-0.25, -0.2) is 9.97 Å². The zero-order valence-electron chi connectivity index (χ0n) is 11.8. The second-order valence-electron chi connectivity index (χ2n) is 5.64. The molecule has 2 N–H and O–H groups in total. The number of nitrogens with one attached hydrogen (secondary N) is 1. The van der Waals surface area contributed by atoms with Crippen LogP contribution in [0.3, 0.4) is 0 Å². The predicted octanol–water partition coefficient (Wildman–Crippen LogP) is 0.441. The van der Waals surface area contributed by atoms with Crippen LogP contribution in [0, 0.1) is 5.41 Å². The van der Waals surface area contributed by atoms with Crippen molar-refractivity contribution in [2.75, 3.05) is 38.7 Å². The maximum Gasteiger partial charge on any atom is 0.322 e. The Morgan fingerprint density at radius 1 is 1.50 bits per heavy atom. The molecule has 0 aliphatic carbocycles. The number of rotatable bonds is 7. The highest BCUT2D eigenvalue weighted by Crippen LogP contribution is 2.27. The predicted molar refractivity (Wildman–Crippen MR) is 73.4 cm³/mol. The van der Waals surface area contributed by atoms with Gasteiger partial charge in [-0.05, 0) is 7.05 Å². The van der Waals surface area contributed by atoms with Crippen molar-refractivity contribution in [1.29, 1.82) is 0 Å². The van der Waals surface area contributed by atoms with E-state index < -0.39 is 5.97 Å². The standard InChI is InChI=1S/C13H20N4O3/c1-13(8-20-9-13)7-17(2)6-10-3-14-12(15-4-10)16-5-11(18)19/h3-4H,5-9H2,1-2H3,(H,18,19)(H,14,15,16). The topological polar surface area (TPSA) is 87.6 Å². The Balaban J connectivity index is 1.82. The van der Waals surface area contributed by atoms with Gasteiger partial charge < -0.3 is 20.1 Å². The summed E-state index contributed by atoms with van der Waals surface area (Å²) in [5.41, 5.74) is 1.25. The van der Waals surface area contributed by atoms with Gasteiger partial charge in [0.05, 0.1) is 13.2 Å². The van der Waals surface area contributed by atoms with Gasteiger partial charge in [0.2, 0.25) is 5.95 Å². The van der Waals surface area contributed by atoms with Crippen molar-refractivity contribution in [2.45, 2.75) is 13.5 Å². The largest absolute Gasteiger partial charge is 0.480 e. The van der Waals surface area contributed by atoms with E-state index in [0.29, 0.717) is 5.95 Å². The summed E-state index contributed by atoms with van der Waals surface area (Å²) in [5, 5.41) is 11.2. The third-order valence-corrected chi connectivity index (χ3v) is 3.11. The lowest BCUT2D eigenvalue weighted by atomic mass is 9.88. The van der Waals surface area contributed by atoms with Gasteiger partial charge in [0.25, 0.3) is 0 Å². The van der Waals surface area contributed by atoms with Gasteiger partial charge in [-0.2, -0.15) is 0 Å². The summed E-state index contributed by atoms with van der Waals surface area (Å²) < 4.78 is 5.24. The van der Waals surface area contributed by atoms with Gasteiger partial charge in [-0.15, -0.1) is 0 Å². The molecule has 1 aromatic heterocycles. The summed E-state index contributed by atoms with van der Waals surface area (Å²) in [7, 11) is 2.06. The lowest BCUT2D eigenvalue weighted by Gasteiger charge is -2.40. The third kappa shape index (κ3) is 4.14. The fraction of sp³-hybridized carbons (Fsp3) is 0.615. The minimum Gasteiger partial charge on any atom is -0.480 e. The SMILES string of the molecule is CN(Cc1cnc(NCC(=O)O)nc1)CC1(C)COC1. The molecule has 1 aromatic rings. The monoisotopic (exact) mass is 280 g/mol. The number of carboxylic acids is 1. The number of aliphatic carboxylic acids is 1. The van der Waals surface area contributed by atoms with Crippen molar-refractivity contribution in [3.8, 4) is 0 Å². The molecule has 7 nitrogen and oxygen atoms in total. The lowest BCUT2D eigenvalue weighted by Crippen LogP contribution is -2.47. The Labute approximate surface area is 118 Å². The molecule has 0 amide bonds. The molecule has 110 valence electrons. The van der Waals surface area contributed by atoms with E-state index in [4.69, 9.17) is 9.84 Å². The van der Waals surface area contributed by atoms with Crippen LogP contribution >= 0.6 is 0 Å². The summed E-state index contributed by atoms with van der Waals surface area (Å²) in [6, 6.07) is 0. The first kappa shape index (κ1) is 14.7. The second kappa shape index (κ2) is 6.15. The lowest BCUT2D eigenvalue weighted by molar-refractivity contribution is -0.134. The fourth-order valence-corrected chi connectivity index (χ4v) is 2.24. The minimum absolute atomic E-state index is 0.183. The van der Waals surface area contributed by atoms with Crippen LogP contribution in [-0.4, -0.2) is 59.3 Å². The first-order chi connectivity index (χ1) is 9.47. The molecular weight excluding hydrogens is 260 g/mol. The van der Waals surface area contributed by atoms with Gasteiger partial charge in [0.15, 0.2) is 0 Å². The van der Waals surface area contributed by atoms with Crippen molar-refractivity contribution in [3.63, 3.8) is 0 Å². The molecular formula is C13H20N4O3. The molecule has 1 fully saturated rings. The zero-order chi connectivity index (χ0) is 14.6. The molecule has 0 saturated carbocycles. The molecule has 2 rings (SSSR count). The molecule has 0 bridgehead atoms. The summed E-state index contributed by atoms with van der Waals surface area (Å²) in [6.45, 7) is 5.37. The number of hydrogen-bond donors (Lipinski definition) is 2. The highest BCUT2D eigenvalue weighted by molar-refractivity contribution is 5.71. The van der Waals surface area contributed by atoms with E-state index in [1.165, 1.54) is 0 Å². The van der Waals surface area contributed by atoms with Crippen molar-refractivity contribution in [3.05, 3.63) is 18.0 Å². The molecule has 20 heavy (non-hydrogen) atoms. The van der Waals surface area contributed by atoms with Gasteiger partial charge in [-0.3, -0.25) is 4.79 Å². The number of carbonyl (C=O) groups is 1. The van der Waals surface area contributed by atoms with E-state index in [1.807, 2.05) is 0 Å². The molecule has 0 aromatic carbocycles. The molecule has 0 radical (unpaired) electrons. The maximum atomic E-state index is 10.4. The van der Waals surface area contributed by atoms with Crippen molar-refractivity contribution in [2.24, 2.45) is 5.41 Å². The Bertz CT molecular complexity index is 459. The van der Waals surface area contributed by atoms with E-state index in [2.05, 4.69) is 34.2 Å². The molecule has 1 aliphatic rings. The van der Waals surface area contributed by atoms with Crippen molar-refractivity contribution < 1.29 is 14.6 Å². The first-order valence-corrected chi connectivity index (χ1v) is 6.50. The van der Waals surface area contributed by atoms with Crippen LogP contribution in [0.5, 0.6) is 0 Å². The molecule has 2 heterocycles. The van der Waals surface area contributed by atoms with Crippen molar-refractivity contribution in [1.82, 2.24) is 14.9 Å². The number of ether oxygens (including phenoxy) is 1. The van der Waals surface area contributed by atoms with Crippen LogP contribution in [0.4, 0.5) is 5.95 Å². The maximum absolute atomic E-state index is 10.4. The number of aromatic nitrogens is 2. The summed E-state index contributed by atoms with van der Waals surface area (Å²) in [5.74, 6) is -0.605. The molecule has 7 heteroatoms. The molecule has 1 saturated heterocycles. The average molecular weight is 280 g/mol. The van der Waals surface area contributed by atoms with Crippen molar-refractivity contribution >= 4 is 11.9 Å². The number of carboxylic acid groups (broad SMARTS) is 1. The minimum atomic E-state index is -0.937. The first-order valence-electron chi connectivity index (χ1n) is 6.50. The third-order valence-electron chi connectivity index (χ3n) is 3.11. The van der Waals surface area contributed by atoms with Gasteiger partial charge in [-0.1, -0.05) is 6.92 Å². The molecule has 0 atom stereocenters. The summed E-state index contributed by atoms with van der Waals surface area (Å²) >= 11 is 0. The van der Waals surface area contributed by atoms with Crippen LogP contribution in [0.25, 0.3) is 0 Å². The second-order valence-corrected chi connectivity index (χ2v) is 5.64. The average Bonchev–Trinajstić information content (AvgIpc) is 2.36. The Kier molecular flexibility index (Phi) is 4.51. The molecule has 1 aliphatic heterocycles. The quantitative estimate of drug-likeness (QED) is 0.749. The van der Waals surface area contributed by atoms with E-state index in [1.54, 1.807) is 12.4 Å².